The molecule has 1 rings (SSSR count). The molecule has 0 aliphatic rings. The number of carbonyl (C=O) groups excluding carboxylic acids is 2. The summed E-state index contributed by atoms with van der Waals surface area (Å²) in [6.45, 7) is 6.64. The summed E-state index contributed by atoms with van der Waals surface area (Å²) >= 11 is 1.58. The summed E-state index contributed by atoms with van der Waals surface area (Å²) in [5.74, 6) is 0.157. The Morgan fingerprint density at radius 3 is 2.63 bits per heavy atom. The molecular formula is C13H21N3O2S. The lowest BCUT2D eigenvalue weighted by atomic mass is 10.2. The van der Waals surface area contributed by atoms with Crippen LogP contribution in [0.4, 0.5) is 0 Å². The molecular weight excluding hydrogens is 262 g/mol. The largest absolute Gasteiger partial charge is 0.358 e. The van der Waals surface area contributed by atoms with E-state index in [1.165, 1.54) is 4.90 Å². The minimum Gasteiger partial charge on any atom is -0.358 e. The molecule has 1 aromatic rings. The maximum Gasteiger partial charge on any atom is 0.239 e. The maximum absolute atomic E-state index is 12.1. The highest BCUT2D eigenvalue weighted by Gasteiger charge is 2.17. The zero-order valence-electron chi connectivity index (χ0n) is 11.9. The van der Waals surface area contributed by atoms with Gasteiger partial charge in [0.1, 0.15) is 0 Å². The van der Waals surface area contributed by atoms with E-state index in [4.69, 9.17) is 0 Å². The number of hydrogen-bond acceptors (Lipinski definition) is 4. The van der Waals surface area contributed by atoms with E-state index in [0.29, 0.717) is 12.5 Å². The SMILES string of the molecule is CCN(CC(=O)NC)C(=O)Cc1csc(C(C)C)n1. The summed E-state index contributed by atoms with van der Waals surface area (Å²) in [5, 5.41) is 5.48. The van der Waals surface area contributed by atoms with Gasteiger partial charge < -0.3 is 10.2 Å². The number of thiazole rings is 1. The van der Waals surface area contributed by atoms with E-state index in [2.05, 4.69) is 24.1 Å². The van der Waals surface area contributed by atoms with Crippen LogP contribution in [0.3, 0.4) is 0 Å². The van der Waals surface area contributed by atoms with Crippen molar-refractivity contribution >= 4 is 23.2 Å². The van der Waals surface area contributed by atoms with Gasteiger partial charge in [0.25, 0.3) is 0 Å². The molecule has 6 heteroatoms. The second kappa shape index (κ2) is 7.23. The van der Waals surface area contributed by atoms with E-state index in [1.807, 2.05) is 12.3 Å². The fourth-order valence-electron chi connectivity index (χ4n) is 1.56. The van der Waals surface area contributed by atoms with Crippen LogP contribution in [0.15, 0.2) is 5.38 Å². The van der Waals surface area contributed by atoms with Gasteiger partial charge in [-0.25, -0.2) is 4.98 Å². The number of likely N-dealkylation sites (N-methyl/N-ethyl adjacent to an activating group) is 2. The van der Waals surface area contributed by atoms with Gasteiger partial charge in [-0.15, -0.1) is 11.3 Å². The number of nitrogens with zero attached hydrogens (tertiary/aromatic N) is 2. The van der Waals surface area contributed by atoms with Crippen LogP contribution in [0.2, 0.25) is 0 Å². The molecule has 0 aromatic carbocycles. The van der Waals surface area contributed by atoms with Gasteiger partial charge in [-0.1, -0.05) is 13.8 Å². The third-order valence-electron chi connectivity index (χ3n) is 2.74. The van der Waals surface area contributed by atoms with Gasteiger partial charge in [0.15, 0.2) is 0 Å². The second-order valence-electron chi connectivity index (χ2n) is 4.59. The van der Waals surface area contributed by atoms with Crippen molar-refractivity contribution in [2.24, 2.45) is 0 Å². The van der Waals surface area contributed by atoms with E-state index < -0.39 is 0 Å². The molecule has 1 N–H and O–H groups in total. The molecule has 1 aromatic heterocycles. The highest BCUT2D eigenvalue weighted by molar-refractivity contribution is 7.09. The van der Waals surface area contributed by atoms with E-state index in [-0.39, 0.29) is 24.8 Å². The Morgan fingerprint density at radius 1 is 1.47 bits per heavy atom. The van der Waals surface area contributed by atoms with Gasteiger partial charge >= 0.3 is 0 Å². The Balaban J connectivity index is 2.63. The van der Waals surface area contributed by atoms with Crippen LogP contribution in [0.1, 0.15) is 37.4 Å². The van der Waals surface area contributed by atoms with Crippen molar-refractivity contribution in [3.05, 3.63) is 16.1 Å². The molecule has 0 unspecified atom stereocenters. The van der Waals surface area contributed by atoms with Crippen LogP contribution < -0.4 is 5.32 Å². The Morgan fingerprint density at radius 2 is 2.16 bits per heavy atom. The lowest BCUT2D eigenvalue weighted by Gasteiger charge is -2.19. The van der Waals surface area contributed by atoms with Gasteiger partial charge in [-0.3, -0.25) is 9.59 Å². The Hall–Kier alpha value is -1.43. The quantitative estimate of drug-likeness (QED) is 0.858. The molecule has 5 nitrogen and oxygen atoms in total. The van der Waals surface area contributed by atoms with Crippen LogP contribution in [-0.4, -0.2) is 41.8 Å². The van der Waals surface area contributed by atoms with Crippen LogP contribution >= 0.6 is 11.3 Å². The summed E-state index contributed by atoms with van der Waals surface area (Å²) in [4.78, 5) is 29.4. The van der Waals surface area contributed by atoms with E-state index >= 15 is 0 Å². The monoisotopic (exact) mass is 283 g/mol. The Bertz CT molecular complexity index is 443. The average Bonchev–Trinajstić information content (AvgIpc) is 2.84. The number of nitrogens with one attached hydrogen (secondary N) is 1. The highest BCUT2D eigenvalue weighted by Crippen LogP contribution is 2.19. The van der Waals surface area contributed by atoms with Crippen LogP contribution in [-0.2, 0) is 16.0 Å². The third kappa shape index (κ3) is 4.63. The summed E-state index contributed by atoms with van der Waals surface area (Å²) < 4.78 is 0. The molecule has 1 heterocycles. The minimum absolute atomic E-state index is 0.0632. The zero-order chi connectivity index (χ0) is 14.4. The standard InChI is InChI=1S/C13H21N3O2S/c1-5-16(7-11(17)14-4)12(18)6-10-8-19-13(15-10)9(2)3/h8-9H,5-7H2,1-4H3,(H,14,17). The molecule has 0 radical (unpaired) electrons. The topological polar surface area (TPSA) is 62.3 Å². The lowest BCUT2D eigenvalue weighted by Crippen LogP contribution is -2.40. The first kappa shape index (κ1) is 15.6. The fraction of sp³-hybridized carbons (Fsp3) is 0.615. The average molecular weight is 283 g/mol. The van der Waals surface area contributed by atoms with Gasteiger partial charge in [0, 0.05) is 24.9 Å². The van der Waals surface area contributed by atoms with Crippen molar-refractivity contribution in [1.82, 2.24) is 15.2 Å². The van der Waals surface area contributed by atoms with Gasteiger partial charge in [0.05, 0.1) is 23.7 Å². The highest BCUT2D eigenvalue weighted by atomic mass is 32.1. The van der Waals surface area contributed by atoms with Crippen LogP contribution in [0.25, 0.3) is 0 Å². The summed E-state index contributed by atoms with van der Waals surface area (Å²) in [5.41, 5.74) is 0.786. The van der Waals surface area contributed by atoms with Gasteiger partial charge in [0.2, 0.25) is 11.8 Å². The zero-order valence-corrected chi connectivity index (χ0v) is 12.7. The van der Waals surface area contributed by atoms with Gasteiger partial charge in [-0.2, -0.15) is 0 Å². The molecule has 0 spiro atoms. The molecule has 0 saturated carbocycles. The first-order chi connectivity index (χ1) is 8.97. The van der Waals surface area contributed by atoms with Crippen molar-refractivity contribution in [2.45, 2.75) is 33.1 Å². The first-order valence-electron chi connectivity index (χ1n) is 6.40. The molecule has 2 amide bonds. The Kier molecular flexibility index (Phi) is 5.95. The Labute approximate surface area is 118 Å². The van der Waals surface area contributed by atoms with Gasteiger partial charge in [-0.05, 0) is 6.92 Å². The van der Waals surface area contributed by atoms with Crippen molar-refractivity contribution < 1.29 is 9.59 Å². The van der Waals surface area contributed by atoms with Crippen molar-refractivity contribution in [2.75, 3.05) is 20.1 Å². The van der Waals surface area contributed by atoms with E-state index in [9.17, 15) is 9.59 Å². The summed E-state index contributed by atoms with van der Waals surface area (Å²) in [6.07, 6.45) is 0.258. The molecule has 0 aliphatic heterocycles. The molecule has 0 atom stereocenters. The van der Waals surface area contributed by atoms with E-state index in [0.717, 1.165) is 10.7 Å². The number of carbonyl (C=O) groups is 2. The van der Waals surface area contributed by atoms with Crippen molar-refractivity contribution in [1.29, 1.82) is 0 Å². The smallest absolute Gasteiger partial charge is 0.239 e. The predicted molar refractivity (Wildman–Crippen MR) is 76.2 cm³/mol. The normalized spacial score (nSPS) is 10.6. The summed E-state index contributed by atoms with van der Waals surface area (Å²) in [6, 6.07) is 0. The molecule has 0 fully saturated rings. The van der Waals surface area contributed by atoms with Crippen molar-refractivity contribution in [3.63, 3.8) is 0 Å². The second-order valence-corrected chi connectivity index (χ2v) is 5.48. The predicted octanol–water partition coefficient (Wildman–Crippen LogP) is 1.40. The summed E-state index contributed by atoms with van der Waals surface area (Å²) in [7, 11) is 1.57. The number of hydrogen-bond donors (Lipinski definition) is 1. The molecule has 106 valence electrons. The molecule has 19 heavy (non-hydrogen) atoms. The lowest BCUT2D eigenvalue weighted by molar-refractivity contribution is -0.135. The molecule has 0 saturated heterocycles. The fourth-order valence-corrected chi connectivity index (χ4v) is 2.40. The molecule has 0 bridgehead atoms. The van der Waals surface area contributed by atoms with E-state index in [1.54, 1.807) is 18.4 Å². The maximum atomic E-state index is 12.1. The van der Waals surface area contributed by atoms with Crippen LogP contribution in [0, 0.1) is 0 Å². The van der Waals surface area contributed by atoms with Crippen LogP contribution in [0.5, 0.6) is 0 Å². The number of rotatable bonds is 6. The number of aromatic nitrogens is 1. The third-order valence-corrected chi connectivity index (χ3v) is 3.94. The molecule has 0 aliphatic carbocycles. The van der Waals surface area contributed by atoms with Crippen molar-refractivity contribution in [3.8, 4) is 0 Å². The first-order valence-corrected chi connectivity index (χ1v) is 7.28. The minimum atomic E-state index is -0.156. The number of amides is 2.